The zero-order valence-electron chi connectivity index (χ0n) is 13.2. The molecule has 0 saturated carbocycles. The third-order valence-corrected chi connectivity index (χ3v) is 3.79. The van der Waals surface area contributed by atoms with Crippen LogP contribution in [0.2, 0.25) is 5.02 Å². The molecule has 0 N–H and O–H groups in total. The Morgan fingerprint density at radius 2 is 1.92 bits per heavy atom. The van der Waals surface area contributed by atoms with Gasteiger partial charge >= 0.3 is 6.61 Å². The fourth-order valence-corrected chi connectivity index (χ4v) is 2.62. The lowest BCUT2D eigenvalue weighted by Gasteiger charge is -2.11. The lowest BCUT2D eigenvalue weighted by atomic mass is 10.1. The van der Waals surface area contributed by atoms with E-state index in [1.807, 2.05) is 0 Å². The summed E-state index contributed by atoms with van der Waals surface area (Å²) < 4.78 is 45.3. The summed E-state index contributed by atoms with van der Waals surface area (Å²) in [4.78, 5) is 3.76. The van der Waals surface area contributed by atoms with Gasteiger partial charge in [-0.3, -0.25) is 0 Å². The van der Waals surface area contributed by atoms with Crippen LogP contribution in [0.15, 0.2) is 30.5 Å². The number of pyridine rings is 1. The topological polar surface area (TPSA) is 52.8 Å². The highest BCUT2D eigenvalue weighted by molar-refractivity contribution is 6.30. The van der Waals surface area contributed by atoms with Gasteiger partial charge in [0.1, 0.15) is 5.82 Å². The van der Waals surface area contributed by atoms with E-state index >= 15 is 0 Å². The minimum absolute atomic E-state index is 0.128. The highest BCUT2D eigenvalue weighted by Gasteiger charge is 2.22. The number of hydrogen-bond donors (Lipinski definition) is 0. The number of aryl methyl sites for hydroxylation is 1. The molecule has 0 amide bonds. The molecular weight excluding hydrogens is 357 g/mol. The summed E-state index contributed by atoms with van der Waals surface area (Å²) in [5, 5.41) is 8.18. The quantitative estimate of drug-likeness (QED) is 0.691. The molecule has 3 rings (SSSR count). The van der Waals surface area contributed by atoms with Gasteiger partial charge in [0.25, 0.3) is 0 Å². The summed E-state index contributed by atoms with van der Waals surface area (Å²) in [5.41, 5.74) is 1.06. The lowest BCUT2D eigenvalue weighted by Crippen LogP contribution is -2.06. The van der Waals surface area contributed by atoms with Gasteiger partial charge in [-0.15, -0.1) is 10.2 Å². The van der Waals surface area contributed by atoms with E-state index in [0.717, 1.165) is 0 Å². The maximum Gasteiger partial charge on any atom is 0.388 e. The van der Waals surface area contributed by atoms with Crippen molar-refractivity contribution in [1.29, 1.82) is 0 Å². The van der Waals surface area contributed by atoms with Crippen LogP contribution in [0.25, 0.3) is 22.8 Å². The highest BCUT2D eigenvalue weighted by Crippen LogP contribution is 2.33. The Morgan fingerprint density at radius 1 is 1.20 bits per heavy atom. The zero-order chi connectivity index (χ0) is 18.1. The average Bonchev–Trinajstić information content (AvgIpc) is 2.90. The predicted molar refractivity (Wildman–Crippen MR) is 86.0 cm³/mol. The largest absolute Gasteiger partial charge is 0.416 e. The molecule has 0 aliphatic carbocycles. The van der Waals surface area contributed by atoms with E-state index in [1.165, 1.54) is 22.9 Å². The molecule has 0 radical (unpaired) electrons. The number of rotatable bonds is 4. The Kier molecular flexibility index (Phi) is 4.63. The number of hydrogen-bond acceptors (Lipinski definition) is 4. The van der Waals surface area contributed by atoms with Gasteiger partial charge < -0.3 is 9.30 Å². The Hall–Kier alpha value is -2.61. The van der Waals surface area contributed by atoms with Gasteiger partial charge in [-0.05, 0) is 24.6 Å². The van der Waals surface area contributed by atoms with E-state index in [-0.39, 0.29) is 33.7 Å². The summed E-state index contributed by atoms with van der Waals surface area (Å²) in [6, 6.07) is 6.01. The normalized spacial score (nSPS) is 11.2. The number of alkyl halides is 2. The van der Waals surface area contributed by atoms with Crippen LogP contribution in [-0.4, -0.2) is 26.4 Å². The van der Waals surface area contributed by atoms with Crippen molar-refractivity contribution in [1.82, 2.24) is 19.7 Å². The SMILES string of the molecule is Cc1cccc(F)c1-c1nnc(-c2cc(Cl)cnc2OC(F)F)n1C. The Labute approximate surface area is 146 Å². The third kappa shape index (κ3) is 3.30. The van der Waals surface area contributed by atoms with Crippen molar-refractivity contribution < 1.29 is 17.9 Å². The van der Waals surface area contributed by atoms with E-state index in [4.69, 9.17) is 11.6 Å². The van der Waals surface area contributed by atoms with E-state index < -0.39 is 12.4 Å². The van der Waals surface area contributed by atoms with Crippen molar-refractivity contribution in [3.8, 4) is 28.7 Å². The second-order valence-electron chi connectivity index (χ2n) is 5.22. The van der Waals surface area contributed by atoms with Crippen LogP contribution in [0.3, 0.4) is 0 Å². The molecular formula is C16H12ClF3N4O. The van der Waals surface area contributed by atoms with Crippen molar-refractivity contribution in [2.45, 2.75) is 13.5 Å². The molecule has 9 heteroatoms. The number of aromatic nitrogens is 4. The lowest BCUT2D eigenvalue weighted by molar-refractivity contribution is -0.0524. The van der Waals surface area contributed by atoms with Gasteiger partial charge in [-0.25, -0.2) is 9.37 Å². The number of nitrogens with zero attached hydrogens (tertiary/aromatic N) is 4. The first-order chi connectivity index (χ1) is 11.9. The van der Waals surface area contributed by atoms with Crippen LogP contribution >= 0.6 is 11.6 Å². The van der Waals surface area contributed by atoms with Crippen LogP contribution in [0.5, 0.6) is 5.88 Å². The molecule has 2 heterocycles. The van der Waals surface area contributed by atoms with Gasteiger partial charge in [-0.2, -0.15) is 8.78 Å². The summed E-state index contributed by atoms with van der Waals surface area (Å²) in [5.74, 6) is -0.390. The minimum Gasteiger partial charge on any atom is -0.416 e. The first-order valence-electron chi connectivity index (χ1n) is 7.14. The smallest absolute Gasteiger partial charge is 0.388 e. The second-order valence-corrected chi connectivity index (χ2v) is 5.66. The third-order valence-electron chi connectivity index (χ3n) is 3.58. The number of halogens is 4. The van der Waals surface area contributed by atoms with Crippen LogP contribution < -0.4 is 4.74 Å². The molecule has 0 fully saturated rings. The Bertz CT molecular complexity index is 909. The van der Waals surface area contributed by atoms with Crippen molar-refractivity contribution >= 4 is 11.6 Å². The van der Waals surface area contributed by atoms with E-state index in [2.05, 4.69) is 19.9 Å². The van der Waals surface area contributed by atoms with Crippen LogP contribution in [-0.2, 0) is 7.05 Å². The van der Waals surface area contributed by atoms with Crippen LogP contribution in [0.4, 0.5) is 13.2 Å². The predicted octanol–water partition coefficient (Wildman–Crippen LogP) is 4.25. The van der Waals surface area contributed by atoms with Gasteiger partial charge in [0.2, 0.25) is 5.88 Å². The van der Waals surface area contributed by atoms with Gasteiger partial charge in [0, 0.05) is 13.2 Å². The summed E-state index contributed by atoms with van der Waals surface area (Å²) in [6.45, 7) is -1.33. The molecule has 1 aromatic carbocycles. The van der Waals surface area contributed by atoms with Crippen molar-refractivity contribution in [3.63, 3.8) is 0 Å². The summed E-state index contributed by atoms with van der Waals surface area (Å²) >= 11 is 5.91. The summed E-state index contributed by atoms with van der Waals surface area (Å²) in [7, 11) is 1.59. The standard InChI is InChI=1S/C16H12ClF3N4O/c1-8-4-3-5-11(18)12(8)14-23-22-13(24(14)2)10-6-9(17)7-21-15(10)25-16(19)20/h3-7,16H,1-2H3. The van der Waals surface area contributed by atoms with Crippen molar-refractivity contribution in [2.75, 3.05) is 0 Å². The number of benzene rings is 1. The van der Waals surface area contributed by atoms with Crippen molar-refractivity contribution in [3.05, 3.63) is 46.9 Å². The molecule has 2 aromatic heterocycles. The average molecular weight is 369 g/mol. The molecule has 3 aromatic rings. The van der Waals surface area contributed by atoms with Crippen LogP contribution in [0.1, 0.15) is 5.56 Å². The van der Waals surface area contributed by atoms with E-state index in [9.17, 15) is 13.2 Å². The summed E-state index contributed by atoms with van der Waals surface area (Å²) in [6.07, 6.45) is 1.18. The fourth-order valence-electron chi connectivity index (χ4n) is 2.46. The van der Waals surface area contributed by atoms with Gasteiger partial charge in [-0.1, -0.05) is 23.7 Å². The molecule has 5 nitrogen and oxygen atoms in total. The maximum absolute atomic E-state index is 14.2. The first-order valence-corrected chi connectivity index (χ1v) is 7.52. The molecule has 25 heavy (non-hydrogen) atoms. The molecule has 0 bridgehead atoms. The van der Waals surface area contributed by atoms with Gasteiger partial charge in [0.15, 0.2) is 11.6 Å². The van der Waals surface area contributed by atoms with Crippen LogP contribution in [0, 0.1) is 12.7 Å². The molecule has 0 aliphatic heterocycles. The first kappa shape index (κ1) is 17.2. The maximum atomic E-state index is 14.2. The zero-order valence-corrected chi connectivity index (χ0v) is 13.9. The van der Waals surface area contributed by atoms with Crippen molar-refractivity contribution in [2.24, 2.45) is 7.05 Å². The fraction of sp³-hybridized carbons (Fsp3) is 0.188. The van der Waals surface area contributed by atoms with E-state index in [1.54, 1.807) is 26.1 Å². The molecule has 0 spiro atoms. The Balaban J connectivity index is 2.16. The highest BCUT2D eigenvalue weighted by atomic mass is 35.5. The van der Waals surface area contributed by atoms with E-state index in [0.29, 0.717) is 5.56 Å². The minimum atomic E-state index is -3.06. The molecule has 0 unspecified atom stereocenters. The van der Waals surface area contributed by atoms with Gasteiger partial charge in [0.05, 0.1) is 16.1 Å². The molecule has 0 aliphatic rings. The number of ether oxygens (including phenoxy) is 1. The second kappa shape index (κ2) is 6.72. The molecule has 0 saturated heterocycles. The molecule has 130 valence electrons. The molecule has 0 atom stereocenters. The monoisotopic (exact) mass is 368 g/mol. The Morgan fingerprint density at radius 3 is 2.60 bits per heavy atom.